The van der Waals surface area contributed by atoms with Crippen LogP contribution in [0.3, 0.4) is 0 Å². The van der Waals surface area contributed by atoms with Crippen molar-refractivity contribution in [3.63, 3.8) is 0 Å². The van der Waals surface area contributed by atoms with E-state index in [9.17, 15) is 0 Å². The molecule has 0 fully saturated rings. The molecule has 0 saturated heterocycles. The second kappa shape index (κ2) is 11.0. The average molecular weight is 627 g/mol. The van der Waals surface area contributed by atoms with Crippen LogP contribution in [-0.2, 0) is 0 Å². The van der Waals surface area contributed by atoms with Crippen LogP contribution >= 0.6 is 0 Å². The average Bonchev–Trinajstić information content (AvgIpc) is 3.70. The Morgan fingerprint density at radius 1 is 0.408 bits per heavy atom. The van der Waals surface area contributed by atoms with Gasteiger partial charge >= 0.3 is 0 Å². The minimum Gasteiger partial charge on any atom is -0.456 e. The summed E-state index contributed by atoms with van der Waals surface area (Å²) in [5.74, 6) is 0. The van der Waals surface area contributed by atoms with E-state index in [2.05, 4.69) is 179 Å². The first-order valence-electron chi connectivity index (χ1n) is 16.7. The van der Waals surface area contributed by atoms with Crippen LogP contribution < -0.4 is 4.90 Å². The maximum absolute atomic E-state index is 6.32. The van der Waals surface area contributed by atoms with Crippen molar-refractivity contribution in [2.45, 2.75) is 0 Å². The normalized spacial score (nSPS) is 11.7. The number of hydrogen-bond donors (Lipinski definition) is 0. The van der Waals surface area contributed by atoms with Crippen LogP contribution in [0.25, 0.3) is 71.3 Å². The molecular weight excluding hydrogens is 597 g/mol. The summed E-state index contributed by atoms with van der Waals surface area (Å²) in [4.78, 5) is 2.40. The van der Waals surface area contributed by atoms with Gasteiger partial charge in [-0.15, -0.1) is 0 Å². The van der Waals surface area contributed by atoms with Gasteiger partial charge in [-0.05, 0) is 94.7 Å². The van der Waals surface area contributed by atoms with Gasteiger partial charge in [-0.1, -0.05) is 109 Å². The van der Waals surface area contributed by atoms with Crippen LogP contribution in [0.15, 0.2) is 186 Å². The van der Waals surface area contributed by atoms with Gasteiger partial charge in [0.2, 0.25) is 0 Å². The van der Waals surface area contributed by atoms with Gasteiger partial charge in [0.1, 0.15) is 11.2 Å². The molecule has 2 heterocycles. The predicted molar refractivity (Wildman–Crippen MR) is 206 cm³/mol. The van der Waals surface area contributed by atoms with E-state index < -0.39 is 0 Å². The first kappa shape index (κ1) is 27.5. The fourth-order valence-corrected chi connectivity index (χ4v) is 7.50. The number of rotatable bonds is 5. The van der Waals surface area contributed by atoms with Crippen LogP contribution in [-0.4, -0.2) is 4.57 Å². The Kier molecular flexibility index (Phi) is 6.18. The lowest BCUT2D eigenvalue weighted by Crippen LogP contribution is -2.10. The summed E-state index contributed by atoms with van der Waals surface area (Å²) >= 11 is 0. The largest absolute Gasteiger partial charge is 0.456 e. The van der Waals surface area contributed by atoms with Crippen LogP contribution in [0.1, 0.15) is 0 Å². The first-order chi connectivity index (χ1) is 24.3. The lowest BCUT2D eigenvalue weighted by atomic mass is 10.0. The van der Waals surface area contributed by atoms with Crippen LogP contribution in [0, 0.1) is 0 Å². The Bertz CT molecular complexity index is 2810. The molecule has 10 rings (SSSR count). The van der Waals surface area contributed by atoms with Crippen molar-refractivity contribution in [2.75, 3.05) is 4.90 Å². The summed E-state index contributed by atoms with van der Waals surface area (Å²) in [6.07, 6.45) is 0. The zero-order chi connectivity index (χ0) is 32.3. The van der Waals surface area contributed by atoms with Gasteiger partial charge in [-0.2, -0.15) is 0 Å². The highest BCUT2D eigenvalue weighted by Gasteiger charge is 2.21. The smallest absolute Gasteiger partial charge is 0.136 e. The number of nitrogens with zero attached hydrogens (tertiary/aromatic N) is 2. The van der Waals surface area contributed by atoms with E-state index in [-0.39, 0.29) is 0 Å². The molecule has 0 atom stereocenters. The highest BCUT2D eigenvalue weighted by molar-refractivity contribution is 6.17. The van der Waals surface area contributed by atoms with Crippen molar-refractivity contribution in [3.8, 4) is 16.8 Å². The molecule has 0 aliphatic heterocycles. The van der Waals surface area contributed by atoms with Crippen molar-refractivity contribution in [1.82, 2.24) is 4.57 Å². The fourth-order valence-electron chi connectivity index (χ4n) is 7.50. The van der Waals surface area contributed by atoms with Crippen molar-refractivity contribution >= 4 is 71.6 Å². The van der Waals surface area contributed by atoms with Crippen molar-refractivity contribution in [1.29, 1.82) is 0 Å². The maximum Gasteiger partial charge on any atom is 0.136 e. The zero-order valence-corrected chi connectivity index (χ0v) is 26.6. The Balaban J connectivity index is 1.23. The molecule has 230 valence electrons. The number of aromatic nitrogens is 1. The molecule has 49 heavy (non-hydrogen) atoms. The molecule has 0 spiro atoms. The van der Waals surface area contributed by atoms with Gasteiger partial charge in [-0.3, -0.25) is 0 Å². The van der Waals surface area contributed by atoms with E-state index in [0.717, 1.165) is 50.1 Å². The van der Waals surface area contributed by atoms with E-state index >= 15 is 0 Å². The van der Waals surface area contributed by atoms with Gasteiger partial charge in [0.25, 0.3) is 0 Å². The molecule has 0 unspecified atom stereocenters. The third kappa shape index (κ3) is 4.44. The summed E-state index contributed by atoms with van der Waals surface area (Å²) in [5.41, 5.74) is 11.0. The van der Waals surface area contributed by atoms with E-state index in [0.29, 0.717) is 0 Å². The molecule has 0 N–H and O–H groups in total. The third-order valence-corrected chi connectivity index (χ3v) is 9.74. The Morgan fingerprint density at radius 3 is 1.92 bits per heavy atom. The molecule has 2 aromatic heterocycles. The lowest BCUT2D eigenvalue weighted by molar-refractivity contribution is 0.669. The molecule has 3 nitrogen and oxygen atoms in total. The Labute approximate surface area is 283 Å². The summed E-state index contributed by atoms with van der Waals surface area (Å²) < 4.78 is 8.70. The quantitative estimate of drug-likeness (QED) is 0.190. The minimum atomic E-state index is 0.901. The van der Waals surface area contributed by atoms with E-state index in [1.165, 1.54) is 38.3 Å². The number of furan rings is 1. The van der Waals surface area contributed by atoms with E-state index in [4.69, 9.17) is 4.42 Å². The summed E-state index contributed by atoms with van der Waals surface area (Å²) in [6, 6.07) is 65.0. The molecule has 0 radical (unpaired) electrons. The zero-order valence-electron chi connectivity index (χ0n) is 26.6. The van der Waals surface area contributed by atoms with Gasteiger partial charge in [0.15, 0.2) is 0 Å². The minimum absolute atomic E-state index is 0.901. The second-order valence-electron chi connectivity index (χ2n) is 12.6. The van der Waals surface area contributed by atoms with Crippen molar-refractivity contribution in [3.05, 3.63) is 182 Å². The third-order valence-electron chi connectivity index (χ3n) is 9.74. The number of hydrogen-bond acceptors (Lipinski definition) is 2. The Morgan fingerprint density at radius 2 is 1.08 bits per heavy atom. The highest BCUT2D eigenvalue weighted by Crippen LogP contribution is 2.45. The molecule has 8 aromatic carbocycles. The SMILES string of the molecule is c1ccc(-c2ccc(N(c3ccc4cc5c(cc4c3)oc3ccccc35)c3cccc4c3c3ccccc3n4-c3ccccc3)cc2)cc1. The molecule has 10 aromatic rings. The Hall–Kier alpha value is -6.58. The van der Waals surface area contributed by atoms with Crippen molar-refractivity contribution < 1.29 is 4.42 Å². The topological polar surface area (TPSA) is 21.3 Å². The number of para-hydroxylation sites is 3. The lowest BCUT2D eigenvalue weighted by Gasteiger charge is -2.27. The maximum atomic E-state index is 6.32. The van der Waals surface area contributed by atoms with Gasteiger partial charge in [-0.25, -0.2) is 0 Å². The van der Waals surface area contributed by atoms with Crippen LogP contribution in [0.5, 0.6) is 0 Å². The second-order valence-corrected chi connectivity index (χ2v) is 12.6. The first-order valence-corrected chi connectivity index (χ1v) is 16.7. The highest BCUT2D eigenvalue weighted by atomic mass is 16.3. The monoisotopic (exact) mass is 626 g/mol. The fraction of sp³-hybridized carbons (Fsp3) is 0. The van der Waals surface area contributed by atoms with E-state index in [1.807, 2.05) is 12.1 Å². The van der Waals surface area contributed by atoms with E-state index in [1.54, 1.807) is 0 Å². The molecule has 0 bridgehead atoms. The van der Waals surface area contributed by atoms with Crippen molar-refractivity contribution in [2.24, 2.45) is 0 Å². The molecule has 0 amide bonds. The molecule has 0 saturated carbocycles. The number of benzene rings is 8. The van der Waals surface area contributed by atoms with Crippen LogP contribution in [0.4, 0.5) is 17.1 Å². The summed E-state index contributed by atoms with van der Waals surface area (Å²) in [7, 11) is 0. The molecular formula is C46H30N2O. The molecule has 0 aliphatic carbocycles. The summed E-state index contributed by atoms with van der Waals surface area (Å²) in [6.45, 7) is 0. The molecule has 0 aliphatic rings. The predicted octanol–water partition coefficient (Wildman–Crippen LogP) is 13.0. The van der Waals surface area contributed by atoms with Gasteiger partial charge in [0, 0.05) is 38.6 Å². The number of anilines is 3. The standard InChI is InChI=1S/C46H30N2O/c1-3-12-31(13-4-1)32-22-25-36(26-23-32)47(37-27-24-33-29-40-38-16-8-10-21-44(38)49-45(40)30-34(33)28-37)42-19-11-20-43-46(42)39-17-7-9-18-41(39)48(43)35-14-5-2-6-15-35/h1-30H. The molecule has 3 heteroatoms. The van der Waals surface area contributed by atoms with Gasteiger partial charge in [0.05, 0.1) is 16.7 Å². The van der Waals surface area contributed by atoms with Gasteiger partial charge < -0.3 is 13.9 Å². The van der Waals surface area contributed by atoms with Crippen LogP contribution in [0.2, 0.25) is 0 Å². The summed E-state index contributed by atoms with van der Waals surface area (Å²) in [5, 5.41) is 7.03. The number of fused-ring (bicyclic) bond motifs is 7.